The topological polar surface area (TPSA) is 47.0 Å². The van der Waals surface area contributed by atoms with Gasteiger partial charge < -0.3 is 19.8 Å². The number of hydrogen-bond acceptors (Lipinski definition) is 4. The van der Waals surface area contributed by atoms with Crippen LogP contribution in [-0.4, -0.2) is 65.7 Å². The van der Waals surface area contributed by atoms with Crippen molar-refractivity contribution >= 4 is 6.47 Å². The summed E-state index contributed by atoms with van der Waals surface area (Å²) in [6.07, 6.45) is 29.1. The maximum absolute atomic E-state index is 8.36. The van der Waals surface area contributed by atoms with Crippen LogP contribution in [0, 0.1) is 0 Å². The van der Waals surface area contributed by atoms with E-state index in [0.29, 0.717) is 0 Å². The first-order valence-electron chi connectivity index (χ1n) is 13.8. The van der Waals surface area contributed by atoms with E-state index in [0.717, 1.165) is 6.67 Å². The zero-order valence-electron chi connectivity index (χ0n) is 21.2. The molecule has 2 aliphatic heterocycles. The first-order valence-corrected chi connectivity index (χ1v) is 13.8. The van der Waals surface area contributed by atoms with Gasteiger partial charge in [-0.25, -0.2) is 0 Å². The zero-order valence-corrected chi connectivity index (χ0v) is 21.2. The molecule has 1 N–H and O–H groups in total. The second kappa shape index (κ2) is 21.6. The number of piperidine rings is 1. The molecule has 1 saturated heterocycles. The third-order valence-corrected chi connectivity index (χ3v) is 6.80. The number of hydrogen-bond donors (Lipinski definition) is 1. The largest absolute Gasteiger partial charge is 0.483 e. The highest BCUT2D eigenvalue weighted by molar-refractivity contribution is 5.32. The van der Waals surface area contributed by atoms with Gasteiger partial charge in [-0.3, -0.25) is 4.79 Å². The Kier molecular flexibility index (Phi) is 19.4. The van der Waals surface area contributed by atoms with Crippen LogP contribution in [0.25, 0.3) is 0 Å². The van der Waals surface area contributed by atoms with Gasteiger partial charge in [0.15, 0.2) is 0 Å². The van der Waals surface area contributed by atoms with E-state index in [1.165, 1.54) is 142 Å². The van der Waals surface area contributed by atoms with Crippen molar-refractivity contribution < 1.29 is 9.90 Å². The fraction of sp³-hybridized carbons (Fsp3) is 0.889. The van der Waals surface area contributed by atoms with E-state index in [2.05, 4.69) is 34.0 Å². The van der Waals surface area contributed by atoms with Gasteiger partial charge in [-0.1, -0.05) is 96.8 Å². The van der Waals surface area contributed by atoms with Crippen molar-refractivity contribution in [2.24, 2.45) is 0 Å². The molecule has 0 aromatic rings. The number of unbranched alkanes of at least 4 members (excludes halogenated alkanes) is 13. The standard InChI is InChI=1S/C26H51N3.CH2O2/c1-2-3-4-5-6-7-8-9-10-11-12-13-14-16-21-28-24-25-29(26-28)23-22-27-19-17-15-18-20-27;2-1-3/h24-25H,2-23,26H2,1H3;1H,(H,2,3). The molecular weight excluding hydrogens is 398 g/mol. The molecule has 2 aliphatic rings. The van der Waals surface area contributed by atoms with Crippen molar-refractivity contribution in [2.45, 2.75) is 116 Å². The molecule has 0 spiro atoms. The van der Waals surface area contributed by atoms with E-state index in [-0.39, 0.29) is 6.47 Å². The molecule has 0 atom stereocenters. The maximum Gasteiger partial charge on any atom is 0.290 e. The number of nitrogens with zero attached hydrogens (tertiary/aromatic N) is 3. The lowest BCUT2D eigenvalue weighted by Gasteiger charge is -2.29. The van der Waals surface area contributed by atoms with Gasteiger partial charge in [-0.05, 0) is 32.4 Å². The summed E-state index contributed by atoms with van der Waals surface area (Å²) in [5.74, 6) is 0. The van der Waals surface area contributed by atoms with Gasteiger partial charge in [0, 0.05) is 32.0 Å². The Balaban J connectivity index is 0.00000161. The summed E-state index contributed by atoms with van der Waals surface area (Å²) in [7, 11) is 0. The molecular formula is C27H53N3O2. The molecule has 5 nitrogen and oxygen atoms in total. The average Bonchev–Trinajstić information content (AvgIpc) is 3.27. The van der Waals surface area contributed by atoms with Crippen molar-refractivity contribution in [3.8, 4) is 0 Å². The van der Waals surface area contributed by atoms with E-state index in [1.807, 2.05) is 0 Å². The third-order valence-electron chi connectivity index (χ3n) is 6.80. The summed E-state index contributed by atoms with van der Waals surface area (Å²) in [4.78, 5) is 16.0. The molecule has 32 heavy (non-hydrogen) atoms. The molecule has 1 fully saturated rings. The molecule has 0 bridgehead atoms. The van der Waals surface area contributed by atoms with E-state index < -0.39 is 0 Å². The van der Waals surface area contributed by atoms with Crippen LogP contribution < -0.4 is 0 Å². The fourth-order valence-corrected chi connectivity index (χ4v) is 4.77. The Morgan fingerprint density at radius 3 is 1.59 bits per heavy atom. The first-order chi connectivity index (χ1) is 15.8. The summed E-state index contributed by atoms with van der Waals surface area (Å²) in [5, 5.41) is 6.89. The summed E-state index contributed by atoms with van der Waals surface area (Å²) >= 11 is 0. The minimum Gasteiger partial charge on any atom is -0.483 e. The van der Waals surface area contributed by atoms with Gasteiger partial charge in [0.1, 0.15) is 0 Å². The Labute approximate surface area is 199 Å². The highest BCUT2D eigenvalue weighted by atomic mass is 16.3. The Morgan fingerprint density at radius 1 is 0.656 bits per heavy atom. The van der Waals surface area contributed by atoms with Crippen LogP contribution in [0.5, 0.6) is 0 Å². The Morgan fingerprint density at radius 2 is 1.09 bits per heavy atom. The summed E-state index contributed by atoms with van der Waals surface area (Å²) in [6.45, 7) is 9.50. The lowest BCUT2D eigenvalue weighted by Crippen LogP contribution is -2.37. The predicted octanol–water partition coefficient (Wildman–Crippen LogP) is 6.70. The van der Waals surface area contributed by atoms with Gasteiger partial charge >= 0.3 is 0 Å². The van der Waals surface area contributed by atoms with Crippen LogP contribution >= 0.6 is 0 Å². The first kappa shape index (κ1) is 28.8. The van der Waals surface area contributed by atoms with Crippen LogP contribution in [0.15, 0.2) is 12.4 Å². The minimum absolute atomic E-state index is 0.250. The number of carbonyl (C=O) groups is 1. The third kappa shape index (κ3) is 16.4. The van der Waals surface area contributed by atoms with Crippen molar-refractivity contribution in [2.75, 3.05) is 39.4 Å². The molecule has 188 valence electrons. The van der Waals surface area contributed by atoms with Crippen molar-refractivity contribution in [3.63, 3.8) is 0 Å². The smallest absolute Gasteiger partial charge is 0.290 e. The lowest BCUT2D eigenvalue weighted by atomic mass is 10.0. The van der Waals surface area contributed by atoms with Crippen molar-refractivity contribution in [1.29, 1.82) is 0 Å². The zero-order chi connectivity index (χ0) is 23.1. The normalized spacial score (nSPS) is 16.3. The van der Waals surface area contributed by atoms with Gasteiger partial charge in [-0.2, -0.15) is 0 Å². The molecule has 0 aromatic carbocycles. The quantitative estimate of drug-likeness (QED) is 0.185. The molecule has 0 amide bonds. The van der Waals surface area contributed by atoms with Crippen LogP contribution in [0.3, 0.4) is 0 Å². The van der Waals surface area contributed by atoms with Crippen LogP contribution in [-0.2, 0) is 4.79 Å². The Bertz CT molecular complexity index is 439. The number of carboxylic acid groups (broad SMARTS) is 1. The van der Waals surface area contributed by atoms with Crippen LogP contribution in [0.1, 0.15) is 116 Å². The van der Waals surface area contributed by atoms with Gasteiger partial charge in [-0.15, -0.1) is 0 Å². The molecule has 0 saturated carbocycles. The monoisotopic (exact) mass is 451 g/mol. The highest BCUT2D eigenvalue weighted by Gasteiger charge is 2.14. The molecule has 5 heteroatoms. The molecule has 0 aliphatic carbocycles. The van der Waals surface area contributed by atoms with E-state index in [9.17, 15) is 0 Å². The van der Waals surface area contributed by atoms with Crippen molar-refractivity contribution in [3.05, 3.63) is 12.4 Å². The summed E-state index contributed by atoms with van der Waals surface area (Å²) in [5.41, 5.74) is 0. The molecule has 2 rings (SSSR count). The number of rotatable bonds is 18. The summed E-state index contributed by atoms with van der Waals surface area (Å²) in [6, 6.07) is 0. The van der Waals surface area contributed by atoms with E-state index in [1.54, 1.807) is 0 Å². The van der Waals surface area contributed by atoms with Crippen molar-refractivity contribution in [1.82, 2.24) is 14.7 Å². The SMILES string of the molecule is CCCCCCCCCCCCCCCCN1C=CN(CCN2CCCCC2)C1.O=CO. The molecule has 0 aromatic heterocycles. The number of likely N-dealkylation sites (tertiary alicyclic amines) is 1. The summed E-state index contributed by atoms with van der Waals surface area (Å²) < 4.78 is 0. The second-order valence-electron chi connectivity index (χ2n) is 9.67. The molecule has 2 heterocycles. The average molecular weight is 452 g/mol. The minimum atomic E-state index is -0.250. The maximum atomic E-state index is 8.36. The van der Waals surface area contributed by atoms with E-state index >= 15 is 0 Å². The molecule has 0 unspecified atom stereocenters. The lowest BCUT2D eigenvalue weighted by molar-refractivity contribution is -0.122. The van der Waals surface area contributed by atoms with E-state index in [4.69, 9.17) is 9.90 Å². The predicted molar refractivity (Wildman–Crippen MR) is 137 cm³/mol. The second-order valence-corrected chi connectivity index (χ2v) is 9.67. The molecule has 0 radical (unpaired) electrons. The van der Waals surface area contributed by atoms with Gasteiger partial charge in [0.25, 0.3) is 6.47 Å². The van der Waals surface area contributed by atoms with Crippen LogP contribution in [0.4, 0.5) is 0 Å². The Hall–Kier alpha value is -1.23. The van der Waals surface area contributed by atoms with Crippen LogP contribution in [0.2, 0.25) is 0 Å². The van der Waals surface area contributed by atoms with Gasteiger partial charge in [0.2, 0.25) is 0 Å². The van der Waals surface area contributed by atoms with Gasteiger partial charge in [0.05, 0.1) is 6.67 Å². The fourth-order valence-electron chi connectivity index (χ4n) is 4.77. The highest BCUT2D eigenvalue weighted by Crippen LogP contribution is 2.14.